The molecule has 0 saturated carbocycles. The Bertz CT molecular complexity index is 673. The lowest BCUT2D eigenvalue weighted by atomic mass is 10.2. The van der Waals surface area contributed by atoms with Gasteiger partial charge in [0.2, 0.25) is 0 Å². The number of carbonyl (C=O) groups excluding carboxylic acids is 1. The Balaban J connectivity index is 1.59. The number of nitrogens with one attached hydrogen (secondary N) is 1. The van der Waals surface area contributed by atoms with Crippen molar-refractivity contribution in [2.45, 2.75) is 12.5 Å². The van der Waals surface area contributed by atoms with E-state index in [4.69, 9.17) is 0 Å². The summed E-state index contributed by atoms with van der Waals surface area (Å²) < 4.78 is 0. The van der Waals surface area contributed by atoms with Crippen molar-refractivity contribution in [2.24, 2.45) is 0 Å². The number of carbonyl (C=O) groups is 1. The minimum atomic E-state index is -0.486. The molecule has 0 aromatic carbocycles. The molecule has 2 aromatic heterocycles. The summed E-state index contributed by atoms with van der Waals surface area (Å²) in [5.74, 6) is 0.501. The standard InChI is InChI=1S/C13H13N5O3S/c19-13(11-7-22-8-15-11)17-4-3-9(6-17)16-12-2-1-10(5-14-12)18(20)21/h1-2,5,7-9H,3-4,6H2,(H,14,16)/t9-/m1/s1. The second kappa shape index (κ2) is 6.06. The van der Waals surface area contributed by atoms with Gasteiger partial charge in [0.05, 0.1) is 10.4 Å². The van der Waals surface area contributed by atoms with Gasteiger partial charge in [-0.2, -0.15) is 0 Å². The smallest absolute Gasteiger partial charge is 0.287 e. The third kappa shape index (κ3) is 3.03. The van der Waals surface area contributed by atoms with E-state index in [2.05, 4.69) is 15.3 Å². The zero-order valence-electron chi connectivity index (χ0n) is 11.5. The number of aromatic nitrogens is 2. The molecule has 3 heterocycles. The van der Waals surface area contributed by atoms with E-state index in [0.717, 1.165) is 6.42 Å². The largest absolute Gasteiger partial charge is 0.365 e. The predicted molar refractivity (Wildman–Crippen MR) is 80.9 cm³/mol. The molecule has 9 heteroatoms. The molecule has 0 bridgehead atoms. The molecule has 1 fully saturated rings. The number of pyridine rings is 1. The third-order valence-electron chi connectivity index (χ3n) is 3.44. The van der Waals surface area contributed by atoms with Crippen molar-refractivity contribution in [3.63, 3.8) is 0 Å². The zero-order chi connectivity index (χ0) is 15.5. The van der Waals surface area contributed by atoms with E-state index in [0.29, 0.717) is 24.6 Å². The molecular weight excluding hydrogens is 306 g/mol. The van der Waals surface area contributed by atoms with Crippen LogP contribution in [-0.4, -0.2) is 44.8 Å². The molecule has 0 radical (unpaired) electrons. The van der Waals surface area contributed by atoms with Crippen LogP contribution in [0.3, 0.4) is 0 Å². The summed E-state index contributed by atoms with van der Waals surface area (Å²) >= 11 is 1.39. The summed E-state index contributed by atoms with van der Waals surface area (Å²) in [6, 6.07) is 3.06. The van der Waals surface area contributed by atoms with Crippen molar-refractivity contribution in [2.75, 3.05) is 18.4 Å². The predicted octanol–water partition coefficient (Wildman–Crippen LogP) is 1.77. The number of nitro groups is 1. The van der Waals surface area contributed by atoms with Crippen molar-refractivity contribution < 1.29 is 9.72 Å². The Hall–Kier alpha value is -2.55. The average molecular weight is 319 g/mol. The van der Waals surface area contributed by atoms with E-state index in [9.17, 15) is 14.9 Å². The molecule has 1 aliphatic heterocycles. The summed E-state index contributed by atoms with van der Waals surface area (Å²) in [6.07, 6.45) is 2.02. The molecule has 0 unspecified atom stereocenters. The number of amides is 1. The van der Waals surface area contributed by atoms with Gasteiger partial charge in [-0.05, 0) is 12.5 Å². The lowest BCUT2D eigenvalue weighted by Crippen LogP contribution is -2.31. The third-order valence-corrected chi connectivity index (χ3v) is 4.02. The Morgan fingerprint density at radius 1 is 1.45 bits per heavy atom. The highest BCUT2D eigenvalue weighted by Crippen LogP contribution is 2.18. The van der Waals surface area contributed by atoms with Crippen LogP contribution < -0.4 is 5.32 Å². The first kappa shape index (κ1) is 14.4. The van der Waals surface area contributed by atoms with Crippen molar-refractivity contribution >= 4 is 28.7 Å². The van der Waals surface area contributed by atoms with E-state index < -0.39 is 4.92 Å². The van der Waals surface area contributed by atoms with Gasteiger partial charge in [0, 0.05) is 30.6 Å². The Morgan fingerprint density at radius 3 is 2.95 bits per heavy atom. The van der Waals surface area contributed by atoms with Gasteiger partial charge in [-0.15, -0.1) is 11.3 Å². The molecule has 0 aliphatic carbocycles. The van der Waals surface area contributed by atoms with Crippen LogP contribution in [0.15, 0.2) is 29.2 Å². The molecule has 22 heavy (non-hydrogen) atoms. The number of nitrogens with zero attached hydrogens (tertiary/aromatic N) is 4. The quantitative estimate of drug-likeness (QED) is 0.681. The van der Waals surface area contributed by atoms with Crippen LogP contribution in [0.25, 0.3) is 0 Å². The number of rotatable bonds is 4. The molecule has 1 atom stereocenters. The normalized spacial score (nSPS) is 17.5. The number of likely N-dealkylation sites (tertiary alicyclic amines) is 1. The van der Waals surface area contributed by atoms with E-state index in [1.165, 1.54) is 23.6 Å². The van der Waals surface area contributed by atoms with E-state index in [1.807, 2.05) is 0 Å². The van der Waals surface area contributed by atoms with Gasteiger partial charge < -0.3 is 10.2 Å². The summed E-state index contributed by atoms with van der Waals surface area (Å²) in [7, 11) is 0. The lowest BCUT2D eigenvalue weighted by molar-refractivity contribution is -0.385. The highest BCUT2D eigenvalue weighted by molar-refractivity contribution is 7.07. The van der Waals surface area contributed by atoms with Gasteiger partial charge in [0.25, 0.3) is 11.6 Å². The molecule has 114 valence electrons. The van der Waals surface area contributed by atoms with Crippen molar-refractivity contribution in [1.29, 1.82) is 0 Å². The SMILES string of the molecule is O=C(c1cscn1)N1CC[C@@H](Nc2ccc([N+](=O)[O-])cn2)C1. The van der Waals surface area contributed by atoms with Crippen LogP contribution >= 0.6 is 11.3 Å². The highest BCUT2D eigenvalue weighted by Gasteiger charge is 2.28. The van der Waals surface area contributed by atoms with E-state index >= 15 is 0 Å². The monoisotopic (exact) mass is 319 g/mol. The van der Waals surface area contributed by atoms with Gasteiger partial charge in [0.15, 0.2) is 0 Å². The summed E-state index contributed by atoms with van der Waals surface area (Å²) in [5, 5.41) is 15.5. The van der Waals surface area contributed by atoms with Crippen molar-refractivity contribution in [3.05, 3.63) is 45.0 Å². The van der Waals surface area contributed by atoms with Crippen molar-refractivity contribution in [3.8, 4) is 0 Å². The second-order valence-corrected chi connectivity index (χ2v) is 5.63. The average Bonchev–Trinajstić information content (AvgIpc) is 3.19. The first-order valence-electron chi connectivity index (χ1n) is 6.68. The van der Waals surface area contributed by atoms with Crippen LogP contribution in [0.2, 0.25) is 0 Å². The minimum absolute atomic E-state index is 0.0442. The number of hydrogen-bond donors (Lipinski definition) is 1. The molecular formula is C13H13N5O3S. The van der Waals surface area contributed by atoms with Gasteiger partial charge in [0.1, 0.15) is 17.7 Å². The molecule has 2 aromatic rings. The van der Waals surface area contributed by atoms with Crippen molar-refractivity contribution in [1.82, 2.24) is 14.9 Å². The summed E-state index contributed by atoms with van der Waals surface area (Å²) in [6.45, 7) is 1.22. The fourth-order valence-corrected chi connectivity index (χ4v) is 2.86. The number of anilines is 1. The Kier molecular flexibility index (Phi) is 3.96. The maximum atomic E-state index is 12.2. The minimum Gasteiger partial charge on any atom is -0.365 e. The first-order valence-corrected chi connectivity index (χ1v) is 7.62. The van der Waals surface area contributed by atoms with Crippen LogP contribution in [-0.2, 0) is 0 Å². The van der Waals surface area contributed by atoms with E-state index in [-0.39, 0.29) is 17.6 Å². The van der Waals surface area contributed by atoms with Crippen LogP contribution in [0.1, 0.15) is 16.9 Å². The Morgan fingerprint density at radius 2 is 2.32 bits per heavy atom. The molecule has 0 spiro atoms. The van der Waals surface area contributed by atoms with Gasteiger partial charge >= 0.3 is 0 Å². The summed E-state index contributed by atoms with van der Waals surface area (Å²) in [5.41, 5.74) is 2.07. The Labute approximate surface area is 130 Å². The number of thiazole rings is 1. The molecule has 1 N–H and O–H groups in total. The summed E-state index contributed by atoms with van der Waals surface area (Å²) in [4.78, 5) is 32.1. The molecule has 8 nitrogen and oxygen atoms in total. The fraction of sp³-hybridized carbons (Fsp3) is 0.308. The lowest BCUT2D eigenvalue weighted by Gasteiger charge is -2.16. The molecule has 3 rings (SSSR count). The topological polar surface area (TPSA) is 101 Å². The molecule has 1 aliphatic rings. The zero-order valence-corrected chi connectivity index (χ0v) is 12.3. The van der Waals surface area contributed by atoms with Crippen LogP contribution in [0, 0.1) is 10.1 Å². The van der Waals surface area contributed by atoms with Gasteiger partial charge in [-0.25, -0.2) is 9.97 Å². The maximum absolute atomic E-state index is 12.2. The first-order chi connectivity index (χ1) is 10.6. The van der Waals surface area contributed by atoms with Gasteiger partial charge in [-0.1, -0.05) is 0 Å². The van der Waals surface area contributed by atoms with Gasteiger partial charge in [-0.3, -0.25) is 14.9 Å². The van der Waals surface area contributed by atoms with E-state index in [1.54, 1.807) is 21.9 Å². The van der Waals surface area contributed by atoms with Crippen LogP contribution in [0.5, 0.6) is 0 Å². The fourth-order valence-electron chi connectivity index (χ4n) is 2.33. The second-order valence-electron chi connectivity index (χ2n) is 4.91. The molecule has 1 amide bonds. The highest BCUT2D eigenvalue weighted by atomic mass is 32.1. The number of hydrogen-bond acceptors (Lipinski definition) is 7. The maximum Gasteiger partial charge on any atom is 0.287 e. The molecule has 1 saturated heterocycles. The van der Waals surface area contributed by atoms with Crippen LogP contribution in [0.4, 0.5) is 11.5 Å².